The summed E-state index contributed by atoms with van der Waals surface area (Å²) in [4.78, 5) is 3.55. The largest absolute Gasteiger partial charge is 0.457 e. The van der Waals surface area contributed by atoms with Gasteiger partial charge in [0.25, 0.3) is 0 Å². The van der Waals surface area contributed by atoms with Gasteiger partial charge in [-0.1, -0.05) is 11.6 Å². The highest BCUT2D eigenvalue weighted by Crippen LogP contribution is 2.60. The second kappa shape index (κ2) is 7.63. The predicted molar refractivity (Wildman–Crippen MR) is 98.8 cm³/mol. The zero-order valence-corrected chi connectivity index (χ0v) is 17.9. The molecule has 0 amide bonds. The van der Waals surface area contributed by atoms with Crippen molar-refractivity contribution in [1.29, 1.82) is 0 Å². The van der Waals surface area contributed by atoms with Gasteiger partial charge in [-0.15, -0.1) is 0 Å². The molecule has 2 rings (SSSR count). The lowest BCUT2D eigenvalue weighted by Gasteiger charge is -2.37. The fraction of sp³-hybridized carbons (Fsp3) is 0.267. The van der Waals surface area contributed by atoms with E-state index in [1.54, 1.807) is 0 Å². The maximum absolute atomic E-state index is 15.1. The molecule has 1 radical (unpaired) electrons. The lowest BCUT2D eigenvalue weighted by atomic mass is 9.83. The Labute approximate surface area is 183 Å². The molecule has 1 aromatic carbocycles. The summed E-state index contributed by atoms with van der Waals surface area (Å²) in [5.41, 5.74) is -9.41. The van der Waals surface area contributed by atoms with Crippen LogP contribution in [0.4, 0.5) is 39.5 Å². The van der Waals surface area contributed by atoms with Crippen molar-refractivity contribution in [1.82, 2.24) is 4.98 Å². The molecule has 0 N–H and O–H groups in total. The first kappa shape index (κ1) is 23.8. The van der Waals surface area contributed by atoms with Gasteiger partial charge in [0, 0.05) is 36.1 Å². The van der Waals surface area contributed by atoms with E-state index in [0.717, 1.165) is 18.3 Å². The molecule has 0 fully saturated rings. The van der Waals surface area contributed by atoms with Crippen molar-refractivity contribution in [3.05, 3.63) is 48.3 Å². The summed E-state index contributed by atoms with van der Waals surface area (Å²) in [6.07, 6.45) is -12.3. The molecule has 1 unspecified atom stereocenters. The smallest absolute Gasteiger partial charge is 0.244 e. The standard InChI is InChI=1S/C15H4ClF9I2N/c16-11-7(2-1-3-28-11)10-8(4-6(26)5-9(10)27)12(17,14(20,21)22)13(18,19)15(23,24)25/h1-4H. The van der Waals surface area contributed by atoms with Crippen LogP contribution in [0, 0.1) is 13.2 Å². The van der Waals surface area contributed by atoms with Gasteiger partial charge in [-0.3, -0.25) is 0 Å². The Morgan fingerprint density at radius 1 is 0.929 bits per heavy atom. The van der Waals surface area contributed by atoms with Crippen LogP contribution in [0.15, 0.2) is 24.4 Å². The molecule has 0 bridgehead atoms. The minimum atomic E-state index is -6.83. The molecular formula is C15H4ClF9I2N. The number of nitrogens with zero attached hydrogens (tertiary/aromatic N) is 1. The summed E-state index contributed by atoms with van der Waals surface area (Å²) in [7, 11) is 0. The molecular weight excluding hydrogens is 654 g/mol. The zero-order chi connectivity index (χ0) is 21.7. The molecule has 0 aliphatic heterocycles. The van der Waals surface area contributed by atoms with Crippen LogP contribution in [0.5, 0.6) is 0 Å². The van der Waals surface area contributed by atoms with Gasteiger partial charge < -0.3 is 0 Å². The molecule has 28 heavy (non-hydrogen) atoms. The summed E-state index contributed by atoms with van der Waals surface area (Å²) in [6, 6.07) is 4.84. The quantitative estimate of drug-likeness (QED) is 0.191. The second-order valence-electron chi connectivity index (χ2n) is 5.29. The SMILES string of the molecule is FC(F)(F)C(F)(F)C(F)(c1cc(I)[c]c(I)c1-c1cccnc1Cl)C(F)(F)F. The van der Waals surface area contributed by atoms with Crippen LogP contribution in [0.2, 0.25) is 5.15 Å². The van der Waals surface area contributed by atoms with Gasteiger partial charge in [-0.25, -0.2) is 9.37 Å². The maximum atomic E-state index is 15.1. The number of halogens is 12. The lowest BCUT2D eigenvalue weighted by molar-refractivity contribution is -0.389. The Morgan fingerprint density at radius 2 is 1.50 bits per heavy atom. The fourth-order valence-corrected chi connectivity index (χ4v) is 4.51. The Hall–Kier alpha value is -0.510. The molecule has 2 aromatic rings. The highest BCUT2D eigenvalue weighted by atomic mass is 127. The van der Waals surface area contributed by atoms with Crippen LogP contribution >= 0.6 is 56.8 Å². The molecule has 0 spiro atoms. The average molecular weight is 658 g/mol. The van der Waals surface area contributed by atoms with E-state index in [4.69, 9.17) is 11.6 Å². The molecule has 0 aliphatic rings. The Morgan fingerprint density at radius 3 is 1.96 bits per heavy atom. The van der Waals surface area contributed by atoms with Gasteiger partial charge in [0.2, 0.25) is 0 Å². The van der Waals surface area contributed by atoms with Crippen LogP contribution in [0.1, 0.15) is 5.56 Å². The number of alkyl halides is 9. The van der Waals surface area contributed by atoms with Crippen molar-refractivity contribution in [3.8, 4) is 11.1 Å². The van der Waals surface area contributed by atoms with Gasteiger partial charge in [0.05, 0.1) is 0 Å². The predicted octanol–water partition coefficient (Wildman–Crippen LogP) is 7.34. The first-order valence-electron chi connectivity index (χ1n) is 6.78. The maximum Gasteiger partial charge on any atom is 0.457 e. The summed E-state index contributed by atoms with van der Waals surface area (Å²) in [6.45, 7) is 0. The molecule has 1 heterocycles. The van der Waals surface area contributed by atoms with Gasteiger partial charge >= 0.3 is 23.9 Å². The highest BCUT2D eigenvalue weighted by Gasteiger charge is 2.82. The number of hydrogen-bond acceptors (Lipinski definition) is 1. The van der Waals surface area contributed by atoms with Crippen molar-refractivity contribution in [3.63, 3.8) is 0 Å². The summed E-state index contributed by atoms with van der Waals surface area (Å²) in [5.74, 6) is -6.80. The lowest BCUT2D eigenvalue weighted by Crippen LogP contribution is -2.60. The van der Waals surface area contributed by atoms with E-state index in [1.165, 1.54) is 45.2 Å². The van der Waals surface area contributed by atoms with Crippen LogP contribution in [0.25, 0.3) is 11.1 Å². The Balaban J connectivity index is 3.04. The number of benzene rings is 1. The van der Waals surface area contributed by atoms with Crippen molar-refractivity contribution in [2.75, 3.05) is 0 Å². The molecule has 13 heteroatoms. The van der Waals surface area contributed by atoms with Gasteiger partial charge in [0.1, 0.15) is 5.15 Å². The fourth-order valence-electron chi connectivity index (χ4n) is 2.32. The summed E-state index contributed by atoms with van der Waals surface area (Å²) < 4.78 is 121. The molecule has 1 aromatic heterocycles. The van der Waals surface area contributed by atoms with Crippen LogP contribution in [-0.2, 0) is 5.67 Å². The minimum Gasteiger partial charge on any atom is -0.244 e. The minimum absolute atomic E-state index is 0.231. The van der Waals surface area contributed by atoms with Crippen LogP contribution < -0.4 is 0 Å². The van der Waals surface area contributed by atoms with Gasteiger partial charge in [0.15, 0.2) is 0 Å². The van der Waals surface area contributed by atoms with Crippen molar-refractivity contribution in [2.45, 2.75) is 23.9 Å². The van der Waals surface area contributed by atoms with Gasteiger partial charge in [-0.2, -0.15) is 35.1 Å². The van der Waals surface area contributed by atoms with E-state index in [2.05, 4.69) is 11.1 Å². The molecule has 0 saturated heterocycles. The average Bonchev–Trinajstić information content (AvgIpc) is 2.52. The van der Waals surface area contributed by atoms with Gasteiger partial charge in [-0.05, 0) is 63.4 Å². The number of pyridine rings is 1. The van der Waals surface area contributed by atoms with E-state index in [1.807, 2.05) is 0 Å². The molecule has 0 saturated carbocycles. The second-order valence-corrected chi connectivity index (χ2v) is 7.89. The third-order valence-electron chi connectivity index (χ3n) is 3.57. The first-order valence-corrected chi connectivity index (χ1v) is 9.32. The zero-order valence-electron chi connectivity index (χ0n) is 12.8. The van der Waals surface area contributed by atoms with E-state index < -0.39 is 45.8 Å². The molecule has 1 atom stereocenters. The molecule has 153 valence electrons. The van der Waals surface area contributed by atoms with Crippen molar-refractivity contribution >= 4 is 56.8 Å². The van der Waals surface area contributed by atoms with E-state index in [9.17, 15) is 35.1 Å². The summed E-state index contributed by atoms with van der Waals surface area (Å²) in [5, 5.41) is -0.517. The number of hydrogen-bond donors (Lipinski definition) is 0. The third kappa shape index (κ3) is 3.79. The first-order chi connectivity index (χ1) is 12.6. The van der Waals surface area contributed by atoms with E-state index in [-0.39, 0.29) is 13.2 Å². The summed E-state index contributed by atoms with van der Waals surface area (Å²) >= 11 is 8.43. The monoisotopic (exact) mass is 658 g/mol. The van der Waals surface area contributed by atoms with Crippen molar-refractivity contribution < 1.29 is 39.5 Å². The Bertz CT molecular complexity index is 898. The molecule has 0 aliphatic carbocycles. The number of aromatic nitrogens is 1. The van der Waals surface area contributed by atoms with E-state index in [0.29, 0.717) is 0 Å². The molecule has 1 nitrogen and oxygen atoms in total. The van der Waals surface area contributed by atoms with Crippen LogP contribution in [-0.4, -0.2) is 23.3 Å². The Kier molecular flexibility index (Phi) is 6.48. The third-order valence-corrected chi connectivity index (χ3v) is 5.26. The topological polar surface area (TPSA) is 12.9 Å². The van der Waals surface area contributed by atoms with Crippen molar-refractivity contribution in [2.24, 2.45) is 0 Å². The normalized spacial score (nSPS) is 15.4. The highest BCUT2D eigenvalue weighted by molar-refractivity contribution is 14.1. The number of rotatable bonds is 3. The van der Waals surface area contributed by atoms with Crippen LogP contribution in [0.3, 0.4) is 0 Å². The van der Waals surface area contributed by atoms with E-state index >= 15 is 4.39 Å².